The number of esters is 1. The largest absolute Gasteiger partial charge is 0.469 e. The SMILES string of the molecule is COC(=O)CCN(CC(C)C)S(=O)(=O)c1sccc1Br. The summed E-state index contributed by atoms with van der Waals surface area (Å²) in [5.41, 5.74) is 0. The Morgan fingerprint density at radius 1 is 1.50 bits per heavy atom. The van der Waals surface area contributed by atoms with Crippen LogP contribution in [-0.2, 0) is 19.6 Å². The number of sulfonamides is 1. The molecule has 0 spiro atoms. The van der Waals surface area contributed by atoms with Crippen LogP contribution in [0.5, 0.6) is 0 Å². The summed E-state index contributed by atoms with van der Waals surface area (Å²) in [4.78, 5) is 11.2. The van der Waals surface area contributed by atoms with Crippen molar-refractivity contribution >= 4 is 43.3 Å². The molecular weight excluding hydrogens is 366 g/mol. The van der Waals surface area contributed by atoms with Gasteiger partial charge in [-0.1, -0.05) is 13.8 Å². The number of methoxy groups -OCH3 is 1. The number of nitrogens with zero attached hydrogens (tertiary/aromatic N) is 1. The fourth-order valence-corrected chi connectivity index (χ4v) is 5.67. The van der Waals surface area contributed by atoms with E-state index in [2.05, 4.69) is 20.7 Å². The van der Waals surface area contributed by atoms with Crippen LogP contribution in [0.2, 0.25) is 0 Å². The molecule has 0 atom stereocenters. The van der Waals surface area contributed by atoms with Crippen molar-refractivity contribution in [2.45, 2.75) is 24.5 Å². The molecule has 0 aliphatic carbocycles. The Hall–Kier alpha value is -0.440. The highest BCUT2D eigenvalue weighted by Crippen LogP contribution is 2.30. The highest BCUT2D eigenvalue weighted by atomic mass is 79.9. The van der Waals surface area contributed by atoms with Crippen LogP contribution in [0.4, 0.5) is 0 Å². The Labute approximate surface area is 132 Å². The number of halogens is 1. The van der Waals surface area contributed by atoms with Gasteiger partial charge in [0.1, 0.15) is 4.21 Å². The number of rotatable bonds is 7. The zero-order valence-electron chi connectivity index (χ0n) is 11.6. The standard InChI is InChI=1S/C12H18BrNO4S2/c1-9(2)8-14(6-4-11(15)18-3)20(16,17)12-10(13)5-7-19-12/h5,7,9H,4,6,8H2,1-3H3. The van der Waals surface area contributed by atoms with Gasteiger partial charge in [0.25, 0.3) is 10.0 Å². The molecule has 20 heavy (non-hydrogen) atoms. The molecule has 1 aromatic rings. The third kappa shape index (κ3) is 4.54. The summed E-state index contributed by atoms with van der Waals surface area (Å²) < 4.78 is 31.9. The maximum Gasteiger partial charge on any atom is 0.306 e. The molecule has 1 heterocycles. The third-order valence-electron chi connectivity index (χ3n) is 2.52. The summed E-state index contributed by atoms with van der Waals surface area (Å²) in [7, 11) is -2.30. The zero-order chi connectivity index (χ0) is 15.3. The Morgan fingerprint density at radius 3 is 2.60 bits per heavy atom. The molecule has 0 radical (unpaired) electrons. The lowest BCUT2D eigenvalue weighted by atomic mass is 10.2. The molecule has 0 aromatic carbocycles. The lowest BCUT2D eigenvalue weighted by Gasteiger charge is -2.23. The van der Waals surface area contributed by atoms with Crippen molar-refractivity contribution in [3.63, 3.8) is 0 Å². The Bertz CT molecular complexity index is 554. The molecule has 8 heteroatoms. The van der Waals surface area contributed by atoms with Gasteiger partial charge in [-0.3, -0.25) is 4.79 Å². The number of ether oxygens (including phenoxy) is 1. The Kier molecular flexibility index (Phi) is 6.63. The summed E-state index contributed by atoms with van der Waals surface area (Å²) in [5, 5.41) is 1.71. The van der Waals surface area contributed by atoms with Gasteiger partial charge in [0.05, 0.1) is 13.5 Å². The molecule has 0 unspecified atom stereocenters. The average Bonchev–Trinajstić information content (AvgIpc) is 2.80. The van der Waals surface area contributed by atoms with Crippen LogP contribution < -0.4 is 0 Å². The number of hydrogen-bond acceptors (Lipinski definition) is 5. The van der Waals surface area contributed by atoms with E-state index in [4.69, 9.17) is 0 Å². The molecule has 1 rings (SSSR count). The normalized spacial score (nSPS) is 12.1. The van der Waals surface area contributed by atoms with Crippen LogP contribution in [0.3, 0.4) is 0 Å². The predicted octanol–water partition coefficient (Wildman–Crippen LogP) is 2.72. The van der Waals surface area contributed by atoms with Gasteiger partial charge in [0.2, 0.25) is 0 Å². The second kappa shape index (κ2) is 7.53. The van der Waals surface area contributed by atoms with Gasteiger partial charge in [0, 0.05) is 17.6 Å². The quantitative estimate of drug-likeness (QED) is 0.679. The van der Waals surface area contributed by atoms with E-state index in [-0.39, 0.29) is 23.1 Å². The minimum absolute atomic E-state index is 0.0471. The topological polar surface area (TPSA) is 63.7 Å². The second-order valence-electron chi connectivity index (χ2n) is 4.64. The van der Waals surface area contributed by atoms with Crippen molar-refractivity contribution < 1.29 is 17.9 Å². The van der Waals surface area contributed by atoms with Crippen LogP contribution in [-0.4, -0.2) is 38.9 Å². The molecule has 0 fully saturated rings. The molecule has 0 saturated carbocycles. The fourth-order valence-electron chi connectivity index (χ4n) is 1.62. The summed E-state index contributed by atoms with van der Waals surface area (Å²) in [6.07, 6.45) is 0.0471. The molecule has 0 saturated heterocycles. The van der Waals surface area contributed by atoms with Crippen LogP contribution >= 0.6 is 27.3 Å². The number of carbonyl (C=O) groups is 1. The third-order valence-corrected chi connectivity index (χ3v) is 7.03. The van der Waals surface area contributed by atoms with Crippen LogP contribution in [0.25, 0.3) is 0 Å². The second-order valence-corrected chi connectivity index (χ2v) is 8.54. The van der Waals surface area contributed by atoms with E-state index >= 15 is 0 Å². The number of thiophene rings is 1. The summed E-state index contributed by atoms with van der Waals surface area (Å²) in [6.45, 7) is 4.36. The van der Waals surface area contributed by atoms with Crippen LogP contribution in [0, 0.1) is 5.92 Å². The minimum atomic E-state index is -3.59. The first kappa shape index (κ1) is 17.6. The van der Waals surface area contributed by atoms with Gasteiger partial charge in [-0.05, 0) is 33.3 Å². The van der Waals surface area contributed by atoms with E-state index in [1.165, 1.54) is 11.4 Å². The van der Waals surface area contributed by atoms with Gasteiger partial charge in [-0.2, -0.15) is 4.31 Å². The highest BCUT2D eigenvalue weighted by molar-refractivity contribution is 9.10. The van der Waals surface area contributed by atoms with Gasteiger partial charge in [-0.25, -0.2) is 8.42 Å². The molecule has 5 nitrogen and oxygen atoms in total. The van der Waals surface area contributed by atoms with E-state index < -0.39 is 16.0 Å². The lowest BCUT2D eigenvalue weighted by Crippen LogP contribution is -2.35. The first-order valence-electron chi connectivity index (χ1n) is 6.09. The summed E-state index contributed by atoms with van der Waals surface area (Å²) >= 11 is 4.40. The van der Waals surface area contributed by atoms with Gasteiger partial charge < -0.3 is 4.74 Å². The fraction of sp³-hybridized carbons (Fsp3) is 0.583. The molecule has 0 amide bonds. The first-order chi connectivity index (χ1) is 9.28. The Morgan fingerprint density at radius 2 is 2.15 bits per heavy atom. The van der Waals surface area contributed by atoms with Crippen molar-refractivity contribution in [2.75, 3.05) is 20.2 Å². The molecular formula is C12H18BrNO4S2. The van der Waals surface area contributed by atoms with Crippen LogP contribution in [0.15, 0.2) is 20.1 Å². The summed E-state index contributed by atoms with van der Waals surface area (Å²) in [5.74, 6) is -0.250. The minimum Gasteiger partial charge on any atom is -0.469 e. The molecule has 0 aliphatic heterocycles. The van der Waals surface area contributed by atoms with E-state index in [1.807, 2.05) is 13.8 Å². The number of hydrogen-bond donors (Lipinski definition) is 0. The van der Waals surface area contributed by atoms with E-state index in [1.54, 1.807) is 11.4 Å². The Balaban J connectivity index is 2.98. The molecule has 1 aromatic heterocycles. The van der Waals surface area contributed by atoms with Crippen molar-refractivity contribution in [1.82, 2.24) is 4.31 Å². The molecule has 0 N–H and O–H groups in total. The van der Waals surface area contributed by atoms with Crippen LogP contribution in [0.1, 0.15) is 20.3 Å². The smallest absolute Gasteiger partial charge is 0.306 e. The highest BCUT2D eigenvalue weighted by Gasteiger charge is 2.28. The van der Waals surface area contributed by atoms with Gasteiger partial charge >= 0.3 is 5.97 Å². The first-order valence-corrected chi connectivity index (χ1v) is 9.20. The van der Waals surface area contributed by atoms with E-state index in [9.17, 15) is 13.2 Å². The predicted molar refractivity (Wildman–Crippen MR) is 82.2 cm³/mol. The van der Waals surface area contributed by atoms with Crippen molar-refractivity contribution in [2.24, 2.45) is 5.92 Å². The molecule has 0 aliphatic rings. The zero-order valence-corrected chi connectivity index (χ0v) is 14.8. The molecule has 0 bridgehead atoms. The van der Waals surface area contributed by atoms with E-state index in [0.29, 0.717) is 11.0 Å². The maximum atomic E-state index is 12.6. The monoisotopic (exact) mass is 383 g/mol. The summed E-state index contributed by atoms with van der Waals surface area (Å²) in [6, 6.07) is 1.70. The van der Waals surface area contributed by atoms with Gasteiger partial charge in [-0.15, -0.1) is 11.3 Å². The molecule has 114 valence electrons. The van der Waals surface area contributed by atoms with Crippen molar-refractivity contribution in [3.05, 3.63) is 15.9 Å². The lowest BCUT2D eigenvalue weighted by molar-refractivity contribution is -0.140. The average molecular weight is 384 g/mol. The maximum absolute atomic E-state index is 12.6. The van der Waals surface area contributed by atoms with E-state index in [0.717, 1.165) is 11.3 Å². The van der Waals surface area contributed by atoms with Gasteiger partial charge in [0.15, 0.2) is 0 Å². The number of carbonyl (C=O) groups excluding carboxylic acids is 1. The van der Waals surface area contributed by atoms with Crippen molar-refractivity contribution in [1.29, 1.82) is 0 Å². The van der Waals surface area contributed by atoms with Crippen molar-refractivity contribution in [3.8, 4) is 0 Å².